The highest BCUT2D eigenvalue weighted by Gasteiger charge is 2.08. The molecule has 0 aromatic rings. The van der Waals surface area contributed by atoms with Crippen molar-refractivity contribution in [3.63, 3.8) is 0 Å². The first-order chi connectivity index (χ1) is 3.66. The molecule has 0 aliphatic heterocycles. The smallest absolute Gasteiger partial charge is 0.109 e. The Bertz CT molecular complexity index is 54.0. The Hall–Kier alpha value is 1.16. The van der Waals surface area contributed by atoms with Crippen molar-refractivity contribution in [3.05, 3.63) is 5.38 Å². The second kappa shape index (κ2) is 4.99. The van der Waals surface area contributed by atoms with Gasteiger partial charge >= 0.3 is 0 Å². The van der Waals surface area contributed by atoms with E-state index in [0.717, 1.165) is 0 Å². The molecular formula is C4H5Cl4. The molecule has 0 saturated carbocycles. The van der Waals surface area contributed by atoms with Crippen LogP contribution in [0.3, 0.4) is 0 Å². The zero-order valence-corrected chi connectivity index (χ0v) is 7.03. The van der Waals surface area contributed by atoms with E-state index in [4.69, 9.17) is 46.4 Å². The first-order valence-electron chi connectivity index (χ1n) is 2.01. The van der Waals surface area contributed by atoms with Gasteiger partial charge in [0.2, 0.25) is 0 Å². The van der Waals surface area contributed by atoms with Crippen molar-refractivity contribution in [2.45, 2.75) is 11.3 Å². The third-order valence-corrected chi connectivity index (χ3v) is 1.58. The molecule has 1 radical (unpaired) electrons. The maximum atomic E-state index is 5.48. The van der Waals surface area contributed by atoms with Crippen LogP contribution in [-0.4, -0.2) is 10.7 Å². The van der Waals surface area contributed by atoms with Gasteiger partial charge in [0.1, 0.15) is 4.84 Å². The maximum absolute atomic E-state index is 5.48. The molecule has 49 valence electrons. The largest absolute Gasteiger partial charge is 0.125 e. The fourth-order valence-corrected chi connectivity index (χ4v) is 1.02. The average molecular weight is 195 g/mol. The Balaban J connectivity index is 3.10. The molecule has 0 N–H and O–H groups in total. The third kappa shape index (κ3) is 5.30. The van der Waals surface area contributed by atoms with Gasteiger partial charge in [-0.25, -0.2) is 0 Å². The SMILES string of the molecule is ClC[C](Cl)CC(Cl)Cl. The molecule has 0 aromatic heterocycles. The minimum atomic E-state index is -0.429. The number of hydrogen-bond acceptors (Lipinski definition) is 0. The molecule has 0 heterocycles. The lowest BCUT2D eigenvalue weighted by Crippen LogP contribution is -1.95. The van der Waals surface area contributed by atoms with Crippen molar-refractivity contribution in [1.29, 1.82) is 0 Å². The fraction of sp³-hybridized carbons (Fsp3) is 0.750. The van der Waals surface area contributed by atoms with Gasteiger partial charge in [-0.2, -0.15) is 0 Å². The topological polar surface area (TPSA) is 0 Å². The first-order valence-corrected chi connectivity index (χ1v) is 3.79. The monoisotopic (exact) mass is 193 g/mol. The number of alkyl halides is 3. The molecule has 0 unspecified atom stereocenters. The minimum Gasteiger partial charge on any atom is -0.125 e. The summed E-state index contributed by atoms with van der Waals surface area (Å²) in [4.78, 5) is -0.429. The van der Waals surface area contributed by atoms with Crippen molar-refractivity contribution < 1.29 is 0 Å². The first kappa shape index (κ1) is 9.16. The van der Waals surface area contributed by atoms with Crippen molar-refractivity contribution in [2.24, 2.45) is 0 Å². The van der Waals surface area contributed by atoms with Crippen molar-refractivity contribution in [3.8, 4) is 0 Å². The molecule has 4 heteroatoms. The Kier molecular flexibility index (Phi) is 5.71. The Morgan fingerprint density at radius 3 is 2.00 bits per heavy atom. The summed E-state index contributed by atoms with van der Waals surface area (Å²) >= 11 is 21.5. The fourth-order valence-electron chi connectivity index (χ4n) is 0.222. The molecule has 0 aromatic carbocycles. The number of halogens is 4. The van der Waals surface area contributed by atoms with Crippen LogP contribution in [0.25, 0.3) is 0 Å². The highest BCUT2D eigenvalue weighted by molar-refractivity contribution is 6.45. The van der Waals surface area contributed by atoms with Crippen LogP contribution in [0.2, 0.25) is 0 Å². The van der Waals surface area contributed by atoms with E-state index in [0.29, 0.717) is 17.7 Å². The zero-order chi connectivity index (χ0) is 6.57. The highest BCUT2D eigenvalue weighted by Crippen LogP contribution is 2.20. The van der Waals surface area contributed by atoms with Gasteiger partial charge in [-0.15, -0.1) is 46.4 Å². The van der Waals surface area contributed by atoms with E-state index in [1.54, 1.807) is 0 Å². The van der Waals surface area contributed by atoms with E-state index in [-0.39, 0.29) is 0 Å². The molecule has 0 aliphatic rings. The van der Waals surface area contributed by atoms with E-state index in [2.05, 4.69) is 0 Å². The summed E-state index contributed by atoms with van der Waals surface area (Å²) in [5.74, 6) is 0.317. The second-order valence-corrected chi connectivity index (χ2v) is 3.32. The standard InChI is InChI=1S/C4H5Cl4/c5-2-3(6)1-4(7)8/h4H,1-2H2. The van der Waals surface area contributed by atoms with Crippen LogP contribution in [0.1, 0.15) is 6.42 Å². The van der Waals surface area contributed by atoms with Crippen LogP contribution in [0, 0.1) is 5.38 Å². The summed E-state index contributed by atoms with van der Waals surface area (Å²) in [6.45, 7) is 0. The summed E-state index contributed by atoms with van der Waals surface area (Å²) in [5, 5.41) is 0.599. The van der Waals surface area contributed by atoms with Crippen molar-refractivity contribution >= 4 is 46.4 Å². The normalized spacial score (nSPS) is 11.2. The van der Waals surface area contributed by atoms with Crippen LogP contribution >= 0.6 is 46.4 Å². The molecule has 0 spiro atoms. The molecule has 8 heavy (non-hydrogen) atoms. The minimum absolute atomic E-state index is 0.317. The predicted molar refractivity (Wildman–Crippen MR) is 39.9 cm³/mol. The Morgan fingerprint density at radius 1 is 1.38 bits per heavy atom. The van der Waals surface area contributed by atoms with E-state index < -0.39 is 4.84 Å². The van der Waals surface area contributed by atoms with Gasteiger partial charge in [-0.1, -0.05) is 0 Å². The highest BCUT2D eigenvalue weighted by atomic mass is 35.5. The Morgan fingerprint density at radius 2 is 1.88 bits per heavy atom. The van der Waals surface area contributed by atoms with Gasteiger partial charge < -0.3 is 0 Å². The van der Waals surface area contributed by atoms with E-state index in [1.165, 1.54) is 0 Å². The summed E-state index contributed by atoms with van der Waals surface area (Å²) < 4.78 is 0. The summed E-state index contributed by atoms with van der Waals surface area (Å²) in [6.07, 6.45) is 0.466. The average Bonchev–Trinajstić information content (AvgIpc) is 1.65. The predicted octanol–water partition coefficient (Wildman–Crippen LogP) is 3.19. The lowest BCUT2D eigenvalue weighted by molar-refractivity contribution is 1.01. The van der Waals surface area contributed by atoms with Gasteiger partial charge in [0, 0.05) is 5.88 Å². The number of rotatable bonds is 3. The van der Waals surface area contributed by atoms with Gasteiger partial charge in [0.15, 0.2) is 0 Å². The van der Waals surface area contributed by atoms with E-state index >= 15 is 0 Å². The van der Waals surface area contributed by atoms with E-state index in [1.807, 2.05) is 0 Å². The van der Waals surface area contributed by atoms with E-state index in [9.17, 15) is 0 Å². The van der Waals surface area contributed by atoms with Crippen LogP contribution in [0.4, 0.5) is 0 Å². The van der Waals surface area contributed by atoms with Crippen LogP contribution in [-0.2, 0) is 0 Å². The molecule has 0 saturated heterocycles. The lowest BCUT2D eigenvalue weighted by atomic mass is 10.4. The second-order valence-electron chi connectivity index (χ2n) is 1.25. The molecule has 0 rings (SSSR count). The van der Waals surface area contributed by atoms with Crippen molar-refractivity contribution in [2.75, 3.05) is 5.88 Å². The molecule has 0 fully saturated rings. The molecule has 0 aliphatic carbocycles. The van der Waals surface area contributed by atoms with Gasteiger partial charge in [0.25, 0.3) is 0 Å². The molecule has 0 nitrogen and oxygen atoms in total. The molecular weight excluding hydrogens is 190 g/mol. The Labute approximate surface area is 69.0 Å². The molecule has 0 amide bonds. The number of hydrogen-bond donors (Lipinski definition) is 0. The molecule has 0 bridgehead atoms. The zero-order valence-electron chi connectivity index (χ0n) is 4.00. The maximum Gasteiger partial charge on any atom is 0.109 e. The van der Waals surface area contributed by atoms with Gasteiger partial charge in [-0.3, -0.25) is 0 Å². The van der Waals surface area contributed by atoms with Gasteiger partial charge in [0.05, 0.1) is 5.38 Å². The van der Waals surface area contributed by atoms with Crippen LogP contribution in [0.15, 0.2) is 0 Å². The quantitative estimate of drug-likeness (QED) is 0.606. The summed E-state index contributed by atoms with van der Waals surface area (Å²) in [6, 6.07) is 0. The van der Waals surface area contributed by atoms with Crippen molar-refractivity contribution in [1.82, 2.24) is 0 Å². The third-order valence-electron chi connectivity index (χ3n) is 0.521. The van der Waals surface area contributed by atoms with Crippen LogP contribution < -0.4 is 0 Å². The van der Waals surface area contributed by atoms with Gasteiger partial charge in [-0.05, 0) is 6.42 Å². The summed E-state index contributed by atoms with van der Waals surface area (Å²) in [7, 11) is 0. The summed E-state index contributed by atoms with van der Waals surface area (Å²) in [5.41, 5.74) is 0. The lowest BCUT2D eigenvalue weighted by Gasteiger charge is -2.02. The van der Waals surface area contributed by atoms with Crippen LogP contribution in [0.5, 0.6) is 0 Å². The molecule has 0 atom stereocenters.